The number of aromatic nitrogens is 1. The summed E-state index contributed by atoms with van der Waals surface area (Å²) in [6.45, 7) is 1.27. The molecular weight excluding hydrogens is 266 g/mol. The summed E-state index contributed by atoms with van der Waals surface area (Å²) in [6.07, 6.45) is 2.74. The average Bonchev–Trinajstić information content (AvgIpc) is 2.91. The zero-order valence-electron chi connectivity index (χ0n) is 11.6. The summed E-state index contributed by atoms with van der Waals surface area (Å²) in [4.78, 5) is 25.3. The van der Waals surface area contributed by atoms with Crippen molar-refractivity contribution in [1.82, 2.24) is 9.47 Å². The molecule has 0 aliphatic carbocycles. The van der Waals surface area contributed by atoms with Crippen molar-refractivity contribution in [2.75, 3.05) is 13.1 Å². The van der Waals surface area contributed by atoms with Crippen LogP contribution in [-0.4, -0.2) is 34.2 Å². The molecule has 2 aromatic rings. The molecule has 2 heterocycles. The number of nitrogens with zero attached hydrogens (tertiary/aromatic N) is 3. The van der Waals surface area contributed by atoms with Crippen LogP contribution in [0.15, 0.2) is 30.5 Å². The molecule has 0 atom stereocenters. The number of carbonyl (C=O) groups excluding carboxylic acids is 2. The van der Waals surface area contributed by atoms with Crippen molar-refractivity contribution in [1.29, 1.82) is 5.26 Å². The number of amides is 1. The number of hydrogen-bond acceptors (Lipinski definition) is 3. The normalized spacial score (nSPS) is 15.2. The molecule has 0 saturated carbocycles. The molecule has 0 bridgehead atoms. The van der Waals surface area contributed by atoms with E-state index < -0.39 is 0 Å². The molecule has 1 amide bonds. The molecule has 1 aromatic carbocycles. The molecule has 3 rings (SSSR count). The van der Waals surface area contributed by atoms with Crippen LogP contribution in [0.2, 0.25) is 0 Å². The van der Waals surface area contributed by atoms with E-state index in [-0.39, 0.29) is 18.2 Å². The first-order chi connectivity index (χ1) is 10.2. The van der Waals surface area contributed by atoms with Crippen LogP contribution in [0.3, 0.4) is 0 Å². The van der Waals surface area contributed by atoms with E-state index >= 15 is 0 Å². The Kier molecular flexibility index (Phi) is 3.44. The largest absolute Gasteiger partial charge is 0.340 e. The molecule has 0 spiro atoms. The van der Waals surface area contributed by atoms with Crippen molar-refractivity contribution < 1.29 is 9.59 Å². The highest BCUT2D eigenvalue weighted by Gasteiger charge is 2.21. The van der Waals surface area contributed by atoms with Crippen molar-refractivity contribution in [2.24, 2.45) is 0 Å². The molecule has 1 fully saturated rings. The third kappa shape index (κ3) is 2.52. The van der Waals surface area contributed by atoms with Gasteiger partial charge >= 0.3 is 0 Å². The van der Waals surface area contributed by atoms with Gasteiger partial charge in [0.25, 0.3) is 0 Å². The minimum absolute atomic E-state index is 0.0161. The van der Waals surface area contributed by atoms with Gasteiger partial charge < -0.3 is 9.47 Å². The fourth-order valence-corrected chi connectivity index (χ4v) is 2.71. The minimum Gasteiger partial charge on any atom is -0.340 e. The zero-order valence-corrected chi connectivity index (χ0v) is 11.6. The summed E-state index contributed by atoms with van der Waals surface area (Å²) >= 11 is 0. The number of likely N-dealkylation sites (tertiary alicyclic amines) is 1. The Morgan fingerprint density at radius 3 is 2.71 bits per heavy atom. The Morgan fingerprint density at radius 2 is 2.00 bits per heavy atom. The molecule has 21 heavy (non-hydrogen) atoms. The lowest BCUT2D eigenvalue weighted by Crippen LogP contribution is -2.40. The maximum atomic E-state index is 12.3. The predicted molar refractivity (Wildman–Crippen MR) is 77.5 cm³/mol. The Morgan fingerprint density at radius 1 is 1.24 bits per heavy atom. The van der Waals surface area contributed by atoms with Crippen LogP contribution in [0, 0.1) is 11.3 Å². The molecule has 1 aliphatic rings. The van der Waals surface area contributed by atoms with Gasteiger partial charge in [-0.3, -0.25) is 9.59 Å². The number of ketones is 1. The fourth-order valence-electron chi connectivity index (χ4n) is 2.71. The molecule has 5 nitrogen and oxygen atoms in total. The number of carbonyl (C=O) groups is 2. The van der Waals surface area contributed by atoms with Gasteiger partial charge in [0.05, 0.1) is 11.6 Å². The maximum Gasteiger partial charge on any atom is 0.242 e. The van der Waals surface area contributed by atoms with E-state index in [0.29, 0.717) is 31.5 Å². The summed E-state index contributed by atoms with van der Waals surface area (Å²) in [7, 11) is 0. The van der Waals surface area contributed by atoms with Gasteiger partial charge in [-0.05, 0) is 18.2 Å². The Balaban J connectivity index is 1.81. The van der Waals surface area contributed by atoms with Crippen LogP contribution in [0.5, 0.6) is 0 Å². The van der Waals surface area contributed by atoms with E-state index in [1.165, 1.54) is 0 Å². The molecule has 106 valence electrons. The van der Waals surface area contributed by atoms with Crippen molar-refractivity contribution in [2.45, 2.75) is 19.4 Å². The summed E-state index contributed by atoms with van der Waals surface area (Å²) in [5.41, 5.74) is 1.50. The first-order valence-corrected chi connectivity index (χ1v) is 6.96. The number of fused-ring (bicyclic) bond motifs is 1. The zero-order chi connectivity index (χ0) is 14.8. The summed E-state index contributed by atoms with van der Waals surface area (Å²) in [5, 5.41) is 9.95. The molecule has 0 unspecified atom stereocenters. The van der Waals surface area contributed by atoms with E-state index in [1.807, 2.05) is 29.0 Å². The van der Waals surface area contributed by atoms with Crippen LogP contribution in [0.1, 0.15) is 18.4 Å². The third-order valence-electron chi connectivity index (χ3n) is 3.91. The van der Waals surface area contributed by atoms with Gasteiger partial charge in [0.15, 0.2) is 0 Å². The van der Waals surface area contributed by atoms with Gasteiger partial charge in [-0.2, -0.15) is 5.26 Å². The molecule has 5 heteroatoms. The number of piperidine rings is 1. The Hall–Kier alpha value is -2.61. The molecule has 1 aliphatic heterocycles. The predicted octanol–water partition coefficient (Wildman–Crippen LogP) is 1.70. The van der Waals surface area contributed by atoms with E-state index in [1.54, 1.807) is 11.0 Å². The topological polar surface area (TPSA) is 66.1 Å². The summed E-state index contributed by atoms with van der Waals surface area (Å²) in [5.74, 6) is 0.242. The van der Waals surface area contributed by atoms with Crippen LogP contribution in [0.4, 0.5) is 0 Å². The van der Waals surface area contributed by atoms with Crippen LogP contribution in [0.25, 0.3) is 10.9 Å². The highest BCUT2D eigenvalue weighted by molar-refractivity contribution is 5.88. The van der Waals surface area contributed by atoms with Gasteiger partial charge in [-0.1, -0.05) is 6.07 Å². The fraction of sp³-hybridized carbons (Fsp3) is 0.312. The molecule has 0 N–H and O–H groups in total. The lowest BCUT2D eigenvalue weighted by molar-refractivity contribution is -0.135. The monoisotopic (exact) mass is 281 g/mol. The Labute approximate surface area is 122 Å². The molecule has 1 aromatic heterocycles. The Bertz CT molecular complexity index is 744. The van der Waals surface area contributed by atoms with Crippen molar-refractivity contribution >= 4 is 22.6 Å². The maximum absolute atomic E-state index is 12.3. The van der Waals surface area contributed by atoms with E-state index in [2.05, 4.69) is 6.07 Å². The van der Waals surface area contributed by atoms with Crippen LogP contribution in [-0.2, 0) is 16.1 Å². The smallest absolute Gasteiger partial charge is 0.242 e. The van der Waals surface area contributed by atoms with Gasteiger partial charge in [0, 0.05) is 43.0 Å². The lowest BCUT2D eigenvalue weighted by atomic mass is 10.1. The first-order valence-electron chi connectivity index (χ1n) is 6.96. The third-order valence-corrected chi connectivity index (χ3v) is 3.91. The van der Waals surface area contributed by atoms with E-state index in [9.17, 15) is 9.59 Å². The van der Waals surface area contributed by atoms with Gasteiger partial charge in [-0.25, -0.2) is 0 Å². The van der Waals surface area contributed by atoms with Gasteiger partial charge in [-0.15, -0.1) is 0 Å². The first kappa shape index (κ1) is 13.4. The number of nitriles is 1. The SMILES string of the molecule is N#Cc1cccc2c1ccn2CC(=O)N1CCC(=O)CC1. The molecule has 0 radical (unpaired) electrons. The number of Topliss-reactive ketones (excluding diaryl/α,β-unsaturated/α-hetero) is 1. The van der Waals surface area contributed by atoms with E-state index in [4.69, 9.17) is 5.26 Å². The molecular formula is C16H15N3O2. The van der Waals surface area contributed by atoms with Gasteiger partial charge in [0.1, 0.15) is 12.3 Å². The second-order valence-corrected chi connectivity index (χ2v) is 5.21. The molecule has 1 saturated heterocycles. The van der Waals surface area contributed by atoms with Crippen LogP contribution >= 0.6 is 0 Å². The average molecular weight is 281 g/mol. The quantitative estimate of drug-likeness (QED) is 0.841. The van der Waals surface area contributed by atoms with Crippen molar-refractivity contribution in [3.63, 3.8) is 0 Å². The number of hydrogen-bond donors (Lipinski definition) is 0. The van der Waals surface area contributed by atoms with Crippen LogP contribution < -0.4 is 0 Å². The summed E-state index contributed by atoms with van der Waals surface area (Å²) < 4.78 is 1.86. The highest BCUT2D eigenvalue weighted by atomic mass is 16.2. The second kappa shape index (κ2) is 5.41. The standard InChI is InChI=1S/C16H15N3O2/c17-10-12-2-1-3-15-14(12)6-9-19(15)11-16(21)18-7-4-13(20)5-8-18/h1-3,6,9H,4-5,7-8,11H2. The van der Waals surface area contributed by atoms with Crippen molar-refractivity contribution in [3.05, 3.63) is 36.0 Å². The van der Waals surface area contributed by atoms with Crippen molar-refractivity contribution in [3.8, 4) is 6.07 Å². The number of rotatable bonds is 2. The second-order valence-electron chi connectivity index (χ2n) is 5.21. The van der Waals surface area contributed by atoms with Gasteiger partial charge in [0.2, 0.25) is 5.91 Å². The highest BCUT2D eigenvalue weighted by Crippen LogP contribution is 2.20. The summed E-state index contributed by atoms with van der Waals surface area (Å²) in [6, 6.07) is 9.52. The number of benzene rings is 1. The minimum atomic E-state index is 0.0161. The lowest BCUT2D eigenvalue weighted by Gasteiger charge is -2.26. The van der Waals surface area contributed by atoms with E-state index in [0.717, 1.165) is 10.9 Å².